The topological polar surface area (TPSA) is 40.5 Å². The zero-order chi connectivity index (χ0) is 10.7. The number of carboxylic acid groups (broad SMARTS) is 1. The molecular weight excluding hydrogens is 178 g/mol. The number of rotatable bonds is 5. The maximum absolute atomic E-state index is 10.7. The van der Waals surface area contributed by atoms with Crippen LogP contribution in [0, 0.1) is 11.8 Å². The Labute approximate surface area is 86.1 Å². The van der Waals surface area contributed by atoms with Gasteiger partial charge in [-0.15, -0.1) is 0 Å². The van der Waals surface area contributed by atoms with Gasteiger partial charge in [-0.05, 0) is 24.7 Å². The first-order chi connectivity index (χ1) is 6.49. The summed E-state index contributed by atoms with van der Waals surface area (Å²) in [6.07, 6.45) is 2.33. The number of carbonyl (C=O) groups is 1. The molecule has 1 fully saturated rings. The Morgan fingerprint density at radius 2 is 2.07 bits per heavy atom. The van der Waals surface area contributed by atoms with E-state index in [0.717, 1.165) is 12.5 Å². The van der Waals surface area contributed by atoms with Gasteiger partial charge < -0.3 is 5.11 Å². The minimum atomic E-state index is -0.704. The van der Waals surface area contributed by atoms with Crippen LogP contribution in [-0.2, 0) is 4.79 Å². The zero-order valence-corrected chi connectivity index (χ0v) is 9.36. The number of carboxylic acids is 1. The smallest absolute Gasteiger partial charge is 0.317 e. The number of nitrogens with zero attached hydrogens (tertiary/aromatic N) is 1. The molecule has 1 aliphatic carbocycles. The highest BCUT2D eigenvalue weighted by molar-refractivity contribution is 5.69. The lowest BCUT2D eigenvalue weighted by Crippen LogP contribution is -2.47. The van der Waals surface area contributed by atoms with Crippen molar-refractivity contribution in [2.45, 2.75) is 39.7 Å². The molecule has 0 heterocycles. The van der Waals surface area contributed by atoms with Gasteiger partial charge in [0.05, 0.1) is 6.54 Å². The van der Waals surface area contributed by atoms with Crippen molar-refractivity contribution in [3.8, 4) is 0 Å². The molecule has 0 aliphatic heterocycles. The summed E-state index contributed by atoms with van der Waals surface area (Å²) in [5.41, 5.74) is 0. The molecule has 3 nitrogen and oxygen atoms in total. The van der Waals surface area contributed by atoms with E-state index in [-0.39, 0.29) is 6.54 Å². The van der Waals surface area contributed by atoms with Crippen molar-refractivity contribution in [3.63, 3.8) is 0 Å². The first kappa shape index (κ1) is 11.5. The van der Waals surface area contributed by atoms with Crippen LogP contribution in [0.5, 0.6) is 0 Å². The molecule has 1 N–H and O–H groups in total. The van der Waals surface area contributed by atoms with Gasteiger partial charge in [0.25, 0.3) is 0 Å². The second-order valence-corrected chi connectivity index (χ2v) is 4.95. The Hall–Kier alpha value is -0.570. The van der Waals surface area contributed by atoms with Crippen molar-refractivity contribution in [3.05, 3.63) is 0 Å². The number of hydrogen-bond acceptors (Lipinski definition) is 2. The van der Waals surface area contributed by atoms with Crippen LogP contribution in [0.1, 0.15) is 33.6 Å². The van der Waals surface area contributed by atoms with Crippen LogP contribution in [-0.4, -0.2) is 35.1 Å². The van der Waals surface area contributed by atoms with E-state index in [1.807, 2.05) is 0 Å². The second kappa shape index (κ2) is 4.78. The lowest BCUT2D eigenvalue weighted by molar-refractivity contribution is -0.139. The van der Waals surface area contributed by atoms with Gasteiger partial charge in [-0.3, -0.25) is 9.69 Å². The highest BCUT2D eigenvalue weighted by atomic mass is 16.4. The van der Waals surface area contributed by atoms with Gasteiger partial charge in [-0.2, -0.15) is 0 Å². The SMILES string of the molecule is CC(C)CN(CC(=O)O)C1CC(C)C1. The lowest BCUT2D eigenvalue weighted by Gasteiger charge is -2.41. The highest BCUT2D eigenvalue weighted by Crippen LogP contribution is 2.31. The van der Waals surface area contributed by atoms with Gasteiger partial charge in [0.1, 0.15) is 0 Å². The van der Waals surface area contributed by atoms with Crippen LogP contribution in [0.25, 0.3) is 0 Å². The molecular formula is C11H21NO2. The third-order valence-electron chi connectivity index (χ3n) is 2.80. The molecule has 0 aromatic carbocycles. The molecule has 0 saturated heterocycles. The highest BCUT2D eigenvalue weighted by Gasteiger charge is 2.31. The Bertz CT molecular complexity index is 197. The van der Waals surface area contributed by atoms with Crippen LogP contribution >= 0.6 is 0 Å². The van der Waals surface area contributed by atoms with Crippen molar-refractivity contribution in [1.82, 2.24) is 4.90 Å². The molecule has 0 radical (unpaired) electrons. The summed E-state index contributed by atoms with van der Waals surface area (Å²) in [7, 11) is 0. The van der Waals surface area contributed by atoms with Crippen LogP contribution in [0.4, 0.5) is 0 Å². The lowest BCUT2D eigenvalue weighted by atomic mass is 9.80. The molecule has 82 valence electrons. The van der Waals surface area contributed by atoms with E-state index in [1.54, 1.807) is 0 Å². The summed E-state index contributed by atoms with van der Waals surface area (Å²) in [5.74, 6) is 0.624. The van der Waals surface area contributed by atoms with E-state index in [9.17, 15) is 4.79 Å². The third-order valence-corrected chi connectivity index (χ3v) is 2.80. The molecule has 1 rings (SSSR count). The van der Waals surface area contributed by atoms with Gasteiger partial charge in [-0.1, -0.05) is 20.8 Å². The van der Waals surface area contributed by atoms with Crippen LogP contribution in [0.3, 0.4) is 0 Å². The maximum atomic E-state index is 10.7. The van der Waals surface area contributed by atoms with Gasteiger partial charge in [0.2, 0.25) is 0 Å². The van der Waals surface area contributed by atoms with Crippen molar-refractivity contribution in [1.29, 1.82) is 0 Å². The number of hydrogen-bond donors (Lipinski definition) is 1. The predicted molar refractivity (Wildman–Crippen MR) is 56.2 cm³/mol. The Balaban J connectivity index is 2.40. The standard InChI is InChI=1S/C11H21NO2/c1-8(2)6-12(7-11(13)14)10-4-9(3)5-10/h8-10H,4-7H2,1-3H3,(H,13,14). The molecule has 3 heteroatoms. The molecule has 0 amide bonds. The average Bonchev–Trinajstić information content (AvgIpc) is 1.95. The third kappa shape index (κ3) is 3.29. The van der Waals surface area contributed by atoms with Crippen LogP contribution < -0.4 is 0 Å². The summed E-state index contributed by atoms with van der Waals surface area (Å²) in [5, 5.41) is 8.79. The molecule has 0 bridgehead atoms. The number of aliphatic carboxylic acids is 1. The zero-order valence-electron chi connectivity index (χ0n) is 9.36. The Morgan fingerprint density at radius 3 is 2.43 bits per heavy atom. The van der Waals surface area contributed by atoms with Crippen molar-refractivity contribution < 1.29 is 9.90 Å². The van der Waals surface area contributed by atoms with E-state index in [1.165, 1.54) is 12.8 Å². The van der Waals surface area contributed by atoms with Gasteiger partial charge >= 0.3 is 5.97 Å². The van der Waals surface area contributed by atoms with Crippen molar-refractivity contribution >= 4 is 5.97 Å². The van der Waals surface area contributed by atoms with E-state index < -0.39 is 5.97 Å². The minimum absolute atomic E-state index is 0.204. The maximum Gasteiger partial charge on any atom is 0.317 e. The van der Waals surface area contributed by atoms with E-state index in [4.69, 9.17) is 5.11 Å². The summed E-state index contributed by atoms with van der Waals surface area (Å²) in [6, 6.07) is 0.517. The fourth-order valence-corrected chi connectivity index (χ4v) is 2.14. The summed E-state index contributed by atoms with van der Waals surface area (Å²) in [4.78, 5) is 12.8. The molecule has 0 atom stereocenters. The largest absolute Gasteiger partial charge is 0.480 e. The van der Waals surface area contributed by atoms with Crippen LogP contribution in [0.15, 0.2) is 0 Å². The molecule has 0 unspecified atom stereocenters. The fraction of sp³-hybridized carbons (Fsp3) is 0.909. The summed E-state index contributed by atoms with van der Waals surface area (Å²) < 4.78 is 0. The predicted octanol–water partition coefficient (Wildman–Crippen LogP) is 1.83. The monoisotopic (exact) mass is 199 g/mol. The van der Waals surface area contributed by atoms with Gasteiger partial charge in [0.15, 0.2) is 0 Å². The van der Waals surface area contributed by atoms with Crippen molar-refractivity contribution in [2.75, 3.05) is 13.1 Å². The molecule has 0 aromatic heterocycles. The first-order valence-electron chi connectivity index (χ1n) is 5.45. The average molecular weight is 199 g/mol. The van der Waals surface area contributed by atoms with Gasteiger partial charge in [-0.25, -0.2) is 0 Å². The van der Waals surface area contributed by atoms with E-state index in [0.29, 0.717) is 12.0 Å². The normalized spacial score (nSPS) is 26.6. The second-order valence-electron chi connectivity index (χ2n) is 4.95. The van der Waals surface area contributed by atoms with E-state index in [2.05, 4.69) is 25.7 Å². The first-order valence-corrected chi connectivity index (χ1v) is 5.45. The molecule has 1 aliphatic rings. The van der Waals surface area contributed by atoms with E-state index >= 15 is 0 Å². The Morgan fingerprint density at radius 1 is 1.50 bits per heavy atom. The summed E-state index contributed by atoms with van der Waals surface area (Å²) >= 11 is 0. The van der Waals surface area contributed by atoms with Crippen molar-refractivity contribution in [2.24, 2.45) is 11.8 Å². The fourth-order valence-electron chi connectivity index (χ4n) is 2.14. The Kier molecular flexibility index (Phi) is 3.93. The molecule has 0 spiro atoms. The molecule has 14 heavy (non-hydrogen) atoms. The summed E-state index contributed by atoms with van der Waals surface area (Å²) in [6.45, 7) is 7.61. The quantitative estimate of drug-likeness (QED) is 0.734. The van der Waals surface area contributed by atoms with Crippen LogP contribution in [0.2, 0.25) is 0 Å². The molecule has 0 aromatic rings. The minimum Gasteiger partial charge on any atom is -0.480 e. The van der Waals surface area contributed by atoms with Gasteiger partial charge in [0, 0.05) is 12.6 Å². The molecule has 1 saturated carbocycles.